The molecule has 1 aliphatic rings. The summed E-state index contributed by atoms with van der Waals surface area (Å²) in [6.45, 7) is 10.1. The van der Waals surface area contributed by atoms with Gasteiger partial charge in [-0.2, -0.15) is 0 Å². The second kappa shape index (κ2) is 3.93. The Morgan fingerprint density at radius 1 is 1.27 bits per heavy atom. The zero-order valence-electron chi connectivity index (χ0n) is 10.3. The summed E-state index contributed by atoms with van der Waals surface area (Å²) >= 11 is 0. The van der Waals surface area contributed by atoms with Crippen molar-refractivity contribution >= 4 is 11.7 Å². The Kier molecular flexibility index (Phi) is 3.19. The molecular weight excluding hydrogens is 192 g/mol. The van der Waals surface area contributed by atoms with Crippen LogP contribution in [-0.4, -0.2) is 22.8 Å². The minimum atomic E-state index is -0.354. The van der Waals surface area contributed by atoms with Crippen LogP contribution in [0.1, 0.15) is 47.5 Å². The van der Waals surface area contributed by atoms with Crippen LogP contribution in [0.5, 0.6) is 0 Å². The van der Waals surface area contributed by atoms with Gasteiger partial charge in [-0.15, -0.1) is 0 Å². The van der Waals surface area contributed by atoms with Gasteiger partial charge in [0, 0.05) is 19.8 Å². The van der Waals surface area contributed by atoms with Gasteiger partial charge in [0.2, 0.25) is 0 Å². The Balaban J connectivity index is 2.75. The Hall–Kier alpha value is -0.900. The summed E-state index contributed by atoms with van der Waals surface area (Å²) < 4.78 is 0. The topological polar surface area (TPSA) is 55.3 Å². The zero-order valence-corrected chi connectivity index (χ0v) is 10.3. The van der Waals surface area contributed by atoms with E-state index in [-0.39, 0.29) is 17.0 Å². The zero-order chi connectivity index (χ0) is 11.7. The van der Waals surface area contributed by atoms with E-state index >= 15 is 0 Å². The van der Waals surface area contributed by atoms with Gasteiger partial charge < -0.3 is 10.2 Å². The van der Waals surface area contributed by atoms with Crippen molar-refractivity contribution in [3.8, 4) is 0 Å². The van der Waals surface area contributed by atoms with Crippen molar-refractivity contribution < 1.29 is 14.9 Å². The van der Waals surface area contributed by atoms with Gasteiger partial charge in [0.05, 0.1) is 16.8 Å². The lowest BCUT2D eigenvalue weighted by Gasteiger charge is -2.38. The third kappa shape index (κ3) is 4.00. The first-order valence-corrected chi connectivity index (χ1v) is 5.31. The molecule has 0 saturated carbocycles. The number of rotatable bonds is 1. The second-order valence-electron chi connectivity index (χ2n) is 5.72. The normalized spacial score (nSPS) is 23.4. The van der Waals surface area contributed by atoms with E-state index in [4.69, 9.17) is 4.84 Å². The van der Waals surface area contributed by atoms with Gasteiger partial charge in [0.15, 0.2) is 0 Å². The molecule has 0 unspecified atom stereocenters. The summed E-state index contributed by atoms with van der Waals surface area (Å²) in [5, 5.41) is 6.28. The second-order valence-corrected chi connectivity index (χ2v) is 5.72. The molecule has 0 bridgehead atoms. The predicted molar refractivity (Wildman–Crippen MR) is 58.5 cm³/mol. The van der Waals surface area contributed by atoms with Crippen LogP contribution in [0.3, 0.4) is 0 Å². The van der Waals surface area contributed by atoms with Gasteiger partial charge in [-0.25, -0.2) is 4.79 Å². The van der Waals surface area contributed by atoms with Crippen LogP contribution >= 0.6 is 0 Å². The molecule has 1 aliphatic heterocycles. The third-order valence-electron chi connectivity index (χ3n) is 2.40. The number of oxime groups is 1. The van der Waals surface area contributed by atoms with E-state index in [1.807, 2.05) is 0 Å². The highest BCUT2D eigenvalue weighted by molar-refractivity contribution is 5.86. The first kappa shape index (κ1) is 12.2. The SMILES string of the molecule is CC(=O)ON=C1CC(C)(C)[NH2+]C(C)(C)C1. The number of carbonyl (C=O) groups is 1. The lowest BCUT2D eigenvalue weighted by Crippen LogP contribution is -3.05. The minimum Gasteiger partial charge on any atom is -0.337 e. The Bertz CT molecular complexity index is 275. The first-order valence-electron chi connectivity index (χ1n) is 5.31. The Morgan fingerprint density at radius 2 is 1.73 bits per heavy atom. The average molecular weight is 213 g/mol. The maximum atomic E-state index is 10.7. The van der Waals surface area contributed by atoms with Crippen molar-refractivity contribution in [2.45, 2.75) is 58.5 Å². The third-order valence-corrected chi connectivity index (χ3v) is 2.40. The molecule has 0 amide bonds. The van der Waals surface area contributed by atoms with Crippen LogP contribution < -0.4 is 5.32 Å². The van der Waals surface area contributed by atoms with Gasteiger partial charge in [-0.3, -0.25) is 0 Å². The van der Waals surface area contributed by atoms with E-state index in [0.29, 0.717) is 0 Å². The number of carbonyl (C=O) groups excluding carboxylic acids is 1. The van der Waals surface area contributed by atoms with Crippen LogP contribution in [0, 0.1) is 0 Å². The van der Waals surface area contributed by atoms with E-state index in [1.165, 1.54) is 6.92 Å². The molecule has 0 radical (unpaired) electrons. The molecule has 86 valence electrons. The molecule has 0 aliphatic carbocycles. The lowest BCUT2D eigenvalue weighted by atomic mass is 9.81. The van der Waals surface area contributed by atoms with Crippen LogP contribution in [0.4, 0.5) is 0 Å². The fourth-order valence-electron chi connectivity index (χ4n) is 2.47. The summed E-state index contributed by atoms with van der Waals surface area (Å²) in [5.74, 6) is -0.354. The minimum absolute atomic E-state index is 0.126. The fraction of sp³-hybridized carbons (Fsp3) is 0.818. The molecule has 2 N–H and O–H groups in total. The molecular formula is C11H21N2O2+. The lowest BCUT2D eigenvalue weighted by molar-refractivity contribution is -0.780. The molecule has 0 atom stereocenters. The predicted octanol–water partition coefficient (Wildman–Crippen LogP) is 0.820. The van der Waals surface area contributed by atoms with Gasteiger partial charge >= 0.3 is 5.97 Å². The van der Waals surface area contributed by atoms with Gasteiger partial charge in [0.1, 0.15) is 0 Å². The van der Waals surface area contributed by atoms with Gasteiger partial charge in [-0.05, 0) is 27.7 Å². The van der Waals surface area contributed by atoms with E-state index in [9.17, 15) is 4.79 Å². The van der Waals surface area contributed by atoms with E-state index in [2.05, 4.69) is 38.2 Å². The van der Waals surface area contributed by atoms with Crippen molar-refractivity contribution in [2.75, 3.05) is 0 Å². The first-order chi connectivity index (χ1) is 6.70. The quantitative estimate of drug-likeness (QED) is 0.518. The van der Waals surface area contributed by atoms with Gasteiger partial charge in [0.25, 0.3) is 0 Å². The molecule has 0 aromatic heterocycles. The molecule has 0 aromatic rings. The maximum absolute atomic E-state index is 10.7. The highest BCUT2D eigenvalue weighted by atomic mass is 16.7. The molecule has 4 nitrogen and oxygen atoms in total. The molecule has 4 heteroatoms. The van der Waals surface area contributed by atoms with Crippen molar-refractivity contribution in [1.82, 2.24) is 0 Å². The molecule has 15 heavy (non-hydrogen) atoms. The number of piperidine rings is 1. The molecule has 1 rings (SSSR count). The number of quaternary nitrogens is 1. The molecule has 1 saturated heterocycles. The summed E-state index contributed by atoms with van der Waals surface area (Å²) in [6.07, 6.45) is 1.73. The smallest absolute Gasteiger partial charge is 0.331 e. The highest BCUT2D eigenvalue weighted by Gasteiger charge is 2.40. The fourth-order valence-corrected chi connectivity index (χ4v) is 2.47. The summed E-state index contributed by atoms with van der Waals surface area (Å²) in [7, 11) is 0. The largest absolute Gasteiger partial charge is 0.337 e. The Labute approximate surface area is 91.1 Å². The van der Waals surface area contributed by atoms with Crippen LogP contribution in [0.15, 0.2) is 5.16 Å². The number of hydrogen-bond donors (Lipinski definition) is 1. The van der Waals surface area contributed by atoms with Crippen LogP contribution in [0.25, 0.3) is 0 Å². The van der Waals surface area contributed by atoms with Crippen molar-refractivity contribution in [2.24, 2.45) is 5.16 Å². The monoisotopic (exact) mass is 213 g/mol. The summed E-state index contributed by atoms with van der Waals surface area (Å²) in [6, 6.07) is 0. The molecule has 0 spiro atoms. The molecule has 0 aromatic carbocycles. The maximum Gasteiger partial charge on any atom is 0.331 e. The van der Waals surface area contributed by atoms with Crippen molar-refractivity contribution in [1.29, 1.82) is 0 Å². The summed E-state index contributed by atoms with van der Waals surface area (Å²) in [4.78, 5) is 15.4. The average Bonchev–Trinajstić information content (AvgIpc) is 1.94. The summed E-state index contributed by atoms with van der Waals surface area (Å²) in [5.41, 5.74) is 1.23. The van der Waals surface area contributed by atoms with E-state index in [1.54, 1.807) is 0 Å². The van der Waals surface area contributed by atoms with Crippen molar-refractivity contribution in [3.63, 3.8) is 0 Å². The molecule has 1 fully saturated rings. The number of nitrogens with two attached hydrogens (primary N) is 1. The number of nitrogens with zero attached hydrogens (tertiary/aromatic N) is 1. The van der Waals surface area contributed by atoms with Crippen molar-refractivity contribution in [3.05, 3.63) is 0 Å². The van der Waals surface area contributed by atoms with Crippen LogP contribution in [-0.2, 0) is 9.63 Å². The highest BCUT2D eigenvalue weighted by Crippen LogP contribution is 2.19. The molecule has 1 heterocycles. The van der Waals surface area contributed by atoms with E-state index in [0.717, 1.165) is 18.6 Å². The Morgan fingerprint density at radius 3 is 2.13 bits per heavy atom. The standard InChI is InChI=1S/C11H20N2O2/c1-8(14)15-12-9-6-10(2,3)13-11(4,5)7-9/h13H,6-7H2,1-5H3/p+1. The van der Waals surface area contributed by atoms with Gasteiger partial charge in [-0.1, -0.05) is 5.16 Å². The van der Waals surface area contributed by atoms with Crippen LogP contribution in [0.2, 0.25) is 0 Å². The number of hydrogen-bond acceptors (Lipinski definition) is 3. The van der Waals surface area contributed by atoms with E-state index < -0.39 is 0 Å².